The van der Waals surface area contributed by atoms with Crippen LogP contribution in [0.1, 0.15) is 36.7 Å². The molecule has 0 saturated heterocycles. The van der Waals surface area contributed by atoms with E-state index >= 15 is 0 Å². The number of rotatable bonds is 6. The molecular weight excluding hydrogens is 268 g/mol. The Kier molecular flexibility index (Phi) is 4.95. The van der Waals surface area contributed by atoms with Gasteiger partial charge in [-0.25, -0.2) is 9.97 Å². The lowest BCUT2D eigenvalue weighted by Gasteiger charge is -2.15. The Labute approximate surface area is 124 Å². The van der Waals surface area contributed by atoms with Crippen LogP contribution in [0.5, 0.6) is 0 Å². The number of nitrogens with zero attached hydrogens (tertiary/aromatic N) is 2. The summed E-state index contributed by atoms with van der Waals surface area (Å²) in [5.74, 6) is 3.03. The molecule has 0 aliphatic carbocycles. The van der Waals surface area contributed by atoms with Crippen LogP contribution in [-0.4, -0.2) is 23.6 Å². The maximum absolute atomic E-state index is 4.64. The SMILES string of the molecule is CNc1nc(C(C)C)nc(NCCc2ccsc2)c1C. The summed E-state index contributed by atoms with van der Waals surface area (Å²) in [6, 6.07) is 2.16. The van der Waals surface area contributed by atoms with E-state index in [1.54, 1.807) is 11.3 Å². The van der Waals surface area contributed by atoms with Crippen LogP contribution in [0, 0.1) is 6.92 Å². The second-order valence-electron chi connectivity index (χ2n) is 5.12. The summed E-state index contributed by atoms with van der Waals surface area (Å²) in [4.78, 5) is 9.19. The predicted molar refractivity (Wildman–Crippen MR) is 86.9 cm³/mol. The van der Waals surface area contributed by atoms with E-state index in [9.17, 15) is 0 Å². The smallest absolute Gasteiger partial charge is 0.135 e. The Morgan fingerprint density at radius 2 is 2.00 bits per heavy atom. The highest BCUT2D eigenvalue weighted by atomic mass is 32.1. The van der Waals surface area contributed by atoms with E-state index < -0.39 is 0 Å². The zero-order chi connectivity index (χ0) is 14.5. The molecule has 0 aromatic carbocycles. The van der Waals surface area contributed by atoms with E-state index in [2.05, 4.69) is 51.3 Å². The van der Waals surface area contributed by atoms with Gasteiger partial charge in [0.1, 0.15) is 17.5 Å². The first kappa shape index (κ1) is 14.8. The van der Waals surface area contributed by atoms with E-state index in [1.165, 1.54) is 5.56 Å². The van der Waals surface area contributed by atoms with Crippen LogP contribution in [0.4, 0.5) is 11.6 Å². The summed E-state index contributed by atoms with van der Waals surface area (Å²) in [5, 5.41) is 10.9. The predicted octanol–water partition coefficient (Wildman–Crippen LogP) is 3.67. The maximum atomic E-state index is 4.64. The third-order valence-corrected chi connectivity index (χ3v) is 3.93. The zero-order valence-corrected chi connectivity index (χ0v) is 13.3. The van der Waals surface area contributed by atoms with Crippen LogP contribution in [0.15, 0.2) is 16.8 Å². The van der Waals surface area contributed by atoms with Gasteiger partial charge in [-0.15, -0.1) is 0 Å². The molecule has 5 heteroatoms. The van der Waals surface area contributed by atoms with Gasteiger partial charge in [-0.1, -0.05) is 13.8 Å². The Balaban J connectivity index is 2.11. The zero-order valence-electron chi connectivity index (χ0n) is 12.5. The van der Waals surface area contributed by atoms with Gasteiger partial charge in [-0.05, 0) is 35.7 Å². The fraction of sp³-hybridized carbons (Fsp3) is 0.467. The molecule has 2 rings (SSSR count). The largest absolute Gasteiger partial charge is 0.373 e. The van der Waals surface area contributed by atoms with Crippen molar-refractivity contribution >= 4 is 23.0 Å². The molecule has 0 amide bonds. The summed E-state index contributed by atoms with van der Waals surface area (Å²) in [6.45, 7) is 7.15. The second kappa shape index (κ2) is 6.70. The highest BCUT2D eigenvalue weighted by molar-refractivity contribution is 7.07. The van der Waals surface area contributed by atoms with Crippen molar-refractivity contribution in [2.75, 3.05) is 24.2 Å². The van der Waals surface area contributed by atoms with Gasteiger partial charge in [0.2, 0.25) is 0 Å². The van der Waals surface area contributed by atoms with Crippen LogP contribution in [0.25, 0.3) is 0 Å². The number of aromatic nitrogens is 2. The molecule has 108 valence electrons. The summed E-state index contributed by atoms with van der Waals surface area (Å²) in [6.07, 6.45) is 1.01. The Morgan fingerprint density at radius 1 is 1.25 bits per heavy atom. The van der Waals surface area contributed by atoms with Crippen LogP contribution >= 0.6 is 11.3 Å². The van der Waals surface area contributed by atoms with Gasteiger partial charge >= 0.3 is 0 Å². The van der Waals surface area contributed by atoms with Crippen LogP contribution in [-0.2, 0) is 6.42 Å². The molecule has 0 spiro atoms. The monoisotopic (exact) mass is 290 g/mol. The summed E-state index contributed by atoms with van der Waals surface area (Å²) in [7, 11) is 1.90. The standard InChI is InChI=1S/C15H22N4S/c1-10(2)13-18-14(16-4)11(3)15(19-13)17-7-5-12-6-8-20-9-12/h6,8-10H,5,7H2,1-4H3,(H2,16,17,18,19). The number of anilines is 2. The van der Waals surface area contributed by atoms with Crippen molar-refractivity contribution < 1.29 is 0 Å². The van der Waals surface area contributed by atoms with Gasteiger partial charge in [-0.3, -0.25) is 0 Å². The second-order valence-corrected chi connectivity index (χ2v) is 5.90. The maximum Gasteiger partial charge on any atom is 0.135 e. The number of hydrogen-bond acceptors (Lipinski definition) is 5. The summed E-state index contributed by atoms with van der Waals surface area (Å²) < 4.78 is 0. The molecule has 0 saturated carbocycles. The molecular formula is C15H22N4S. The lowest BCUT2D eigenvalue weighted by atomic mass is 10.2. The third kappa shape index (κ3) is 3.48. The molecule has 0 unspecified atom stereocenters. The molecule has 0 fully saturated rings. The van der Waals surface area contributed by atoms with E-state index in [0.717, 1.165) is 36.0 Å². The average molecular weight is 290 g/mol. The average Bonchev–Trinajstić information content (AvgIpc) is 2.93. The van der Waals surface area contributed by atoms with Gasteiger partial charge in [0, 0.05) is 25.1 Å². The first-order valence-corrected chi connectivity index (χ1v) is 7.87. The highest BCUT2D eigenvalue weighted by Crippen LogP contribution is 2.22. The molecule has 0 aliphatic heterocycles. The number of thiophene rings is 1. The van der Waals surface area contributed by atoms with Crippen molar-refractivity contribution in [2.45, 2.75) is 33.1 Å². The molecule has 0 atom stereocenters. The lowest BCUT2D eigenvalue weighted by molar-refractivity contribution is 0.773. The number of hydrogen-bond donors (Lipinski definition) is 2. The lowest BCUT2D eigenvalue weighted by Crippen LogP contribution is -2.12. The third-order valence-electron chi connectivity index (χ3n) is 3.20. The summed E-state index contributed by atoms with van der Waals surface area (Å²) >= 11 is 1.74. The molecule has 20 heavy (non-hydrogen) atoms. The topological polar surface area (TPSA) is 49.8 Å². The van der Waals surface area contributed by atoms with Gasteiger partial charge < -0.3 is 10.6 Å². The molecule has 0 radical (unpaired) electrons. The normalized spacial score (nSPS) is 10.8. The molecule has 0 aliphatic rings. The van der Waals surface area contributed by atoms with Gasteiger partial charge in [0.15, 0.2) is 0 Å². The van der Waals surface area contributed by atoms with E-state index in [1.807, 2.05) is 14.0 Å². The molecule has 4 nitrogen and oxygen atoms in total. The first-order valence-electron chi connectivity index (χ1n) is 6.93. The van der Waals surface area contributed by atoms with Crippen molar-refractivity contribution in [3.63, 3.8) is 0 Å². The first-order chi connectivity index (χ1) is 9.61. The van der Waals surface area contributed by atoms with E-state index in [-0.39, 0.29) is 0 Å². The van der Waals surface area contributed by atoms with Gasteiger partial charge in [0.05, 0.1) is 0 Å². The van der Waals surface area contributed by atoms with Gasteiger partial charge in [-0.2, -0.15) is 11.3 Å². The van der Waals surface area contributed by atoms with Crippen molar-refractivity contribution in [3.05, 3.63) is 33.8 Å². The highest BCUT2D eigenvalue weighted by Gasteiger charge is 2.11. The Bertz CT molecular complexity index is 549. The van der Waals surface area contributed by atoms with E-state index in [4.69, 9.17) is 0 Å². The number of nitrogens with one attached hydrogen (secondary N) is 2. The minimum Gasteiger partial charge on any atom is -0.373 e. The van der Waals surface area contributed by atoms with Crippen LogP contribution < -0.4 is 10.6 Å². The van der Waals surface area contributed by atoms with Crippen molar-refractivity contribution in [3.8, 4) is 0 Å². The fourth-order valence-corrected chi connectivity index (χ4v) is 2.67. The molecule has 0 bridgehead atoms. The molecule has 2 N–H and O–H groups in total. The Morgan fingerprint density at radius 3 is 2.60 bits per heavy atom. The quantitative estimate of drug-likeness (QED) is 0.852. The fourth-order valence-electron chi connectivity index (χ4n) is 1.97. The van der Waals surface area contributed by atoms with Crippen molar-refractivity contribution in [1.29, 1.82) is 0 Å². The van der Waals surface area contributed by atoms with Crippen LogP contribution in [0.3, 0.4) is 0 Å². The molecule has 2 heterocycles. The minimum atomic E-state index is 0.320. The van der Waals surface area contributed by atoms with Crippen LogP contribution in [0.2, 0.25) is 0 Å². The van der Waals surface area contributed by atoms with Crippen molar-refractivity contribution in [1.82, 2.24) is 9.97 Å². The van der Waals surface area contributed by atoms with Gasteiger partial charge in [0.25, 0.3) is 0 Å². The van der Waals surface area contributed by atoms with Crippen molar-refractivity contribution in [2.24, 2.45) is 0 Å². The minimum absolute atomic E-state index is 0.320. The Hall–Kier alpha value is -1.62. The summed E-state index contributed by atoms with van der Waals surface area (Å²) in [5.41, 5.74) is 2.44. The molecule has 2 aromatic heterocycles. The molecule has 2 aromatic rings. The van der Waals surface area contributed by atoms with E-state index in [0.29, 0.717) is 5.92 Å².